The normalized spacial score (nSPS) is 52.9. The van der Waals surface area contributed by atoms with Crippen molar-refractivity contribution < 1.29 is 0 Å². The van der Waals surface area contributed by atoms with Gasteiger partial charge in [0.05, 0.1) is 0 Å². The SMILES string of the molecule is BrC12CCCCC1C2. The second kappa shape index (κ2) is 1.50. The summed E-state index contributed by atoms with van der Waals surface area (Å²) in [5.74, 6) is 1.07. The van der Waals surface area contributed by atoms with E-state index in [1.54, 1.807) is 0 Å². The Kier molecular flexibility index (Phi) is 0.989. The van der Waals surface area contributed by atoms with Crippen LogP contribution in [0.2, 0.25) is 0 Å². The van der Waals surface area contributed by atoms with Gasteiger partial charge in [0.15, 0.2) is 0 Å². The summed E-state index contributed by atoms with van der Waals surface area (Å²) in [6.45, 7) is 0. The molecule has 2 atom stereocenters. The lowest BCUT2D eigenvalue weighted by molar-refractivity contribution is 0.509. The molecule has 0 amide bonds. The molecule has 0 bridgehead atoms. The maximum absolute atomic E-state index is 3.77. The fourth-order valence-electron chi connectivity index (χ4n) is 1.83. The van der Waals surface area contributed by atoms with Gasteiger partial charge in [0.25, 0.3) is 0 Å². The number of hydrogen-bond donors (Lipinski definition) is 0. The Morgan fingerprint density at radius 1 is 1.38 bits per heavy atom. The Labute approximate surface area is 58.8 Å². The summed E-state index contributed by atoms with van der Waals surface area (Å²) < 4.78 is 0.658. The third-order valence-corrected chi connectivity index (χ3v) is 3.92. The highest BCUT2D eigenvalue weighted by molar-refractivity contribution is 9.10. The van der Waals surface area contributed by atoms with E-state index in [9.17, 15) is 0 Å². The molecular weight excluding hydrogens is 164 g/mol. The molecule has 0 radical (unpaired) electrons. The average molecular weight is 175 g/mol. The number of alkyl halides is 1. The van der Waals surface area contributed by atoms with Gasteiger partial charge in [-0.3, -0.25) is 0 Å². The zero-order chi connectivity index (χ0) is 5.61. The van der Waals surface area contributed by atoms with E-state index < -0.39 is 0 Å². The van der Waals surface area contributed by atoms with Gasteiger partial charge < -0.3 is 0 Å². The molecule has 0 spiro atoms. The molecule has 0 nitrogen and oxygen atoms in total. The first-order valence-corrected chi connectivity index (χ1v) is 4.29. The van der Waals surface area contributed by atoms with Crippen molar-refractivity contribution in [3.63, 3.8) is 0 Å². The average Bonchev–Trinajstić information content (AvgIpc) is 2.39. The summed E-state index contributed by atoms with van der Waals surface area (Å²) in [5.41, 5.74) is 0. The van der Waals surface area contributed by atoms with Crippen LogP contribution in [0, 0.1) is 5.92 Å². The fourth-order valence-corrected chi connectivity index (χ4v) is 2.73. The summed E-state index contributed by atoms with van der Waals surface area (Å²) in [6.07, 6.45) is 7.34. The number of hydrogen-bond acceptors (Lipinski definition) is 0. The highest BCUT2D eigenvalue weighted by Gasteiger charge is 2.52. The summed E-state index contributed by atoms with van der Waals surface area (Å²) in [5, 5.41) is 0. The quantitative estimate of drug-likeness (QED) is 0.496. The molecule has 8 heavy (non-hydrogen) atoms. The highest BCUT2D eigenvalue weighted by Crippen LogP contribution is 2.59. The van der Waals surface area contributed by atoms with Crippen molar-refractivity contribution in [2.75, 3.05) is 0 Å². The second-order valence-corrected chi connectivity index (χ2v) is 4.76. The van der Waals surface area contributed by atoms with Gasteiger partial charge in [-0.1, -0.05) is 28.8 Å². The van der Waals surface area contributed by atoms with E-state index in [-0.39, 0.29) is 0 Å². The van der Waals surface area contributed by atoms with Crippen LogP contribution < -0.4 is 0 Å². The molecule has 0 heterocycles. The van der Waals surface area contributed by atoms with Crippen LogP contribution in [0.15, 0.2) is 0 Å². The minimum atomic E-state index is 0.658. The van der Waals surface area contributed by atoms with Crippen LogP contribution in [0.25, 0.3) is 0 Å². The van der Waals surface area contributed by atoms with Gasteiger partial charge in [-0.05, 0) is 25.2 Å². The van der Waals surface area contributed by atoms with E-state index in [0.717, 1.165) is 5.92 Å². The monoisotopic (exact) mass is 174 g/mol. The van der Waals surface area contributed by atoms with Crippen LogP contribution in [-0.4, -0.2) is 4.32 Å². The minimum absolute atomic E-state index is 0.658. The lowest BCUT2D eigenvalue weighted by Gasteiger charge is -2.13. The van der Waals surface area contributed by atoms with E-state index in [1.165, 1.54) is 32.1 Å². The van der Waals surface area contributed by atoms with Gasteiger partial charge >= 0.3 is 0 Å². The molecule has 1 heteroatoms. The molecule has 0 N–H and O–H groups in total. The molecule has 0 aromatic heterocycles. The lowest BCUT2D eigenvalue weighted by Crippen LogP contribution is -2.06. The molecule has 0 saturated heterocycles. The maximum atomic E-state index is 3.77. The third kappa shape index (κ3) is 0.637. The first kappa shape index (κ1) is 5.28. The van der Waals surface area contributed by atoms with Crippen molar-refractivity contribution in [3.05, 3.63) is 0 Å². The number of halogens is 1. The molecule has 2 rings (SSSR count). The van der Waals surface area contributed by atoms with Gasteiger partial charge in [0.2, 0.25) is 0 Å². The minimum Gasteiger partial charge on any atom is -0.0850 e. The third-order valence-electron chi connectivity index (χ3n) is 2.55. The van der Waals surface area contributed by atoms with Crippen LogP contribution in [-0.2, 0) is 0 Å². The van der Waals surface area contributed by atoms with Gasteiger partial charge in [0, 0.05) is 4.32 Å². The van der Waals surface area contributed by atoms with Crippen LogP contribution in [0.4, 0.5) is 0 Å². The van der Waals surface area contributed by atoms with Crippen LogP contribution in [0.1, 0.15) is 32.1 Å². The van der Waals surface area contributed by atoms with Crippen molar-refractivity contribution >= 4 is 15.9 Å². The zero-order valence-corrected chi connectivity index (χ0v) is 6.58. The van der Waals surface area contributed by atoms with Crippen molar-refractivity contribution in [2.45, 2.75) is 36.4 Å². The lowest BCUT2D eigenvalue weighted by atomic mass is 10.0. The maximum Gasteiger partial charge on any atom is 0.0289 e. The molecule has 46 valence electrons. The molecular formula is C7H11Br. The molecule has 2 fully saturated rings. The van der Waals surface area contributed by atoms with E-state index in [4.69, 9.17) is 0 Å². The molecule has 2 unspecified atom stereocenters. The van der Waals surface area contributed by atoms with E-state index in [0.29, 0.717) is 4.32 Å². The first-order valence-electron chi connectivity index (χ1n) is 3.50. The Balaban J connectivity index is 2.04. The highest BCUT2D eigenvalue weighted by atomic mass is 79.9. The van der Waals surface area contributed by atoms with Crippen molar-refractivity contribution in [3.8, 4) is 0 Å². The first-order chi connectivity index (χ1) is 3.81. The Morgan fingerprint density at radius 3 is 2.75 bits per heavy atom. The van der Waals surface area contributed by atoms with Crippen molar-refractivity contribution in [2.24, 2.45) is 5.92 Å². The van der Waals surface area contributed by atoms with E-state index in [1.807, 2.05) is 0 Å². The summed E-state index contributed by atoms with van der Waals surface area (Å²) in [4.78, 5) is 0. The molecule has 2 aliphatic rings. The number of fused-ring (bicyclic) bond motifs is 1. The van der Waals surface area contributed by atoms with Gasteiger partial charge in [-0.25, -0.2) is 0 Å². The van der Waals surface area contributed by atoms with Crippen LogP contribution in [0.3, 0.4) is 0 Å². The standard InChI is InChI=1S/C7H11Br/c8-7-4-2-1-3-6(7)5-7/h6H,1-5H2. The molecule has 0 aliphatic heterocycles. The smallest absolute Gasteiger partial charge is 0.0289 e. The van der Waals surface area contributed by atoms with Crippen LogP contribution >= 0.6 is 15.9 Å². The molecule has 2 saturated carbocycles. The summed E-state index contributed by atoms with van der Waals surface area (Å²) in [6, 6.07) is 0. The molecule has 0 aromatic carbocycles. The zero-order valence-electron chi connectivity index (χ0n) is 4.99. The summed E-state index contributed by atoms with van der Waals surface area (Å²) in [7, 11) is 0. The van der Waals surface area contributed by atoms with Gasteiger partial charge in [-0.2, -0.15) is 0 Å². The van der Waals surface area contributed by atoms with Gasteiger partial charge in [0.1, 0.15) is 0 Å². The largest absolute Gasteiger partial charge is 0.0850 e. The number of rotatable bonds is 0. The summed E-state index contributed by atoms with van der Waals surface area (Å²) >= 11 is 3.77. The molecule has 0 aromatic rings. The van der Waals surface area contributed by atoms with E-state index in [2.05, 4.69) is 15.9 Å². The second-order valence-electron chi connectivity index (χ2n) is 3.18. The van der Waals surface area contributed by atoms with Crippen molar-refractivity contribution in [1.82, 2.24) is 0 Å². The van der Waals surface area contributed by atoms with E-state index >= 15 is 0 Å². The van der Waals surface area contributed by atoms with Gasteiger partial charge in [-0.15, -0.1) is 0 Å². The molecule has 2 aliphatic carbocycles. The van der Waals surface area contributed by atoms with Crippen LogP contribution in [0.5, 0.6) is 0 Å². The predicted octanol–water partition coefficient (Wildman–Crippen LogP) is 2.71. The fraction of sp³-hybridized carbons (Fsp3) is 1.00. The topological polar surface area (TPSA) is 0 Å². The Hall–Kier alpha value is 0.480. The van der Waals surface area contributed by atoms with Crippen molar-refractivity contribution in [1.29, 1.82) is 0 Å². The Morgan fingerprint density at radius 2 is 2.25 bits per heavy atom. The Bertz CT molecular complexity index is 109. The predicted molar refractivity (Wildman–Crippen MR) is 38.2 cm³/mol.